The summed E-state index contributed by atoms with van der Waals surface area (Å²) in [5.74, 6) is 1.55. The van der Waals surface area contributed by atoms with Crippen molar-refractivity contribution in [3.63, 3.8) is 0 Å². The molecule has 15 heavy (non-hydrogen) atoms. The molecule has 0 N–H and O–H groups in total. The summed E-state index contributed by atoms with van der Waals surface area (Å²) in [5.41, 5.74) is 1.03. The molecule has 84 valence electrons. The highest BCUT2D eigenvalue weighted by Gasteiger charge is 2.10. The van der Waals surface area contributed by atoms with Gasteiger partial charge in [-0.3, -0.25) is 0 Å². The molecule has 1 aromatic rings. The number of rotatable bonds is 5. The maximum Gasteiger partial charge on any atom is 0.225 e. The molecule has 0 amide bonds. The molecule has 0 saturated heterocycles. The zero-order chi connectivity index (χ0) is 11.3. The van der Waals surface area contributed by atoms with Crippen LogP contribution in [0.2, 0.25) is 0 Å². The molecule has 1 atom stereocenters. The van der Waals surface area contributed by atoms with Gasteiger partial charge in [0.1, 0.15) is 0 Å². The molecule has 3 nitrogen and oxygen atoms in total. The number of hydrogen-bond acceptors (Lipinski definition) is 3. The van der Waals surface area contributed by atoms with Gasteiger partial charge < -0.3 is 4.90 Å². The molecule has 1 unspecified atom stereocenters. The molecule has 1 rings (SSSR count). The van der Waals surface area contributed by atoms with Crippen LogP contribution in [0.15, 0.2) is 12.3 Å². The first-order valence-electron chi connectivity index (χ1n) is 5.72. The molecule has 1 heterocycles. The fourth-order valence-corrected chi connectivity index (χ4v) is 1.45. The van der Waals surface area contributed by atoms with E-state index in [1.54, 1.807) is 0 Å². The van der Waals surface area contributed by atoms with Gasteiger partial charge in [-0.2, -0.15) is 0 Å². The molecule has 3 heteroatoms. The van der Waals surface area contributed by atoms with E-state index >= 15 is 0 Å². The van der Waals surface area contributed by atoms with Gasteiger partial charge in [-0.25, -0.2) is 9.97 Å². The molecule has 0 aliphatic rings. The SMILES string of the molecule is CCC(C)CN(CC)c1nccc(C)n1. The quantitative estimate of drug-likeness (QED) is 0.743. The Morgan fingerprint density at radius 3 is 2.67 bits per heavy atom. The van der Waals surface area contributed by atoms with Crippen LogP contribution in [0.3, 0.4) is 0 Å². The molecule has 0 spiro atoms. The number of aryl methyl sites for hydroxylation is 1. The first-order valence-corrected chi connectivity index (χ1v) is 5.72. The Morgan fingerprint density at radius 2 is 2.13 bits per heavy atom. The van der Waals surface area contributed by atoms with Crippen molar-refractivity contribution in [2.24, 2.45) is 5.92 Å². The van der Waals surface area contributed by atoms with Crippen LogP contribution in [-0.2, 0) is 0 Å². The summed E-state index contributed by atoms with van der Waals surface area (Å²) < 4.78 is 0. The van der Waals surface area contributed by atoms with Gasteiger partial charge in [0.05, 0.1) is 0 Å². The van der Waals surface area contributed by atoms with E-state index < -0.39 is 0 Å². The summed E-state index contributed by atoms with van der Waals surface area (Å²) in [6.07, 6.45) is 3.03. The summed E-state index contributed by atoms with van der Waals surface area (Å²) in [4.78, 5) is 11.0. The Kier molecular flexibility index (Phi) is 4.53. The van der Waals surface area contributed by atoms with Gasteiger partial charge in [-0.15, -0.1) is 0 Å². The summed E-state index contributed by atoms with van der Waals surface area (Å²) >= 11 is 0. The summed E-state index contributed by atoms with van der Waals surface area (Å²) in [5, 5.41) is 0. The predicted octanol–water partition coefficient (Wildman–Crippen LogP) is 2.66. The Morgan fingerprint density at radius 1 is 1.40 bits per heavy atom. The van der Waals surface area contributed by atoms with Gasteiger partial charge >= 0.3 is 0 Å². The Balaban J connectivity index is 2.73. The fraction of sp³-hybridized carbons (Fsp3) is 0.667. The lowest BCUT2D eigenvalue weighted by Crippen LogP contribution is -2.29. The topological polar surface area (TPSA) is 29.0 Å². The fourth-order valence-electron chi connectivity index (χ4n) is 1.45. The Hall–Kier alpha value is -1.12. The van der Waals surface area contributed by atoms with Crippen LogP contribution in [0, 0.1) is 12.8 Å². The van der Waals surface area contributed by atoms with E-state index in [1.807, 2.05) is 19.2 Å². The summed E-state index contributed by atoms with van der Waals surface area (Å²) in [6.45, 7) is 10.6. The van der Waals surface area contributed by atoms with E-state index in [1.165, 1.54) is 6.42 Å². The van der Waals surface area contributed by atoms with Crippen LogP contribution < -0.4 is 4.90 Å². The predicted molar refractivity (Wildman–Crippen MR) is 64.1 cm³/mol. The second-order valence-corrected chi connectivity index (χ2v) is 4.05. The smallest absolute Gasteiger partial charge is 0.225 e. The van der Waals surface area contributed by atoms with Crippen molar-refractivity contribution in [2.75, 3.05) is 18.0 Å². The molecule has 0 radical (unpaired) electrons. The molecule has 0 fully saturated rings. The lowest BCUT2D eigenvalue weighted by Gasteiger charge is -2.23. The third-order valence-corrected chi connectivity index (χ3v) is 2.68. The zero-order valence-corrected chi connectivity index (χ0v) is 10.2. The van der Waals surface area contributed by atoms with Crippen LogP contribution in [-0.4, -0.2) is 23.1 Å². The normalized spacial score (nSPS) is 12.5. The van der Waals surface area contributed by atoms with Crippen LogP contribution in [0.4, 0.5) is 5.95 Å². The second-order valence-electron chi connectivity index (χ2n) is 4.05. The monoisotopic (exact) mass is 207 g/mol. The minimum atomic E-state index is 0.689. The summed E-state index contributed by atoms with van der Waals surface area (Å²) in [7, 11) is 0. The molecule has 0 aliphatic heterocycles. The number of nitrogens with zero attached hydrogens (tertiary/aromatic N) is 3. The van der Waals surface area contributed by atoms with Crippen molar-refractivity contribution in [3.05, 3.63) is 18.0 Å². The van der Waals surface area contributed by atoms with Gasteiger partial charge in [-0.05, 0) is 25.8 Å². The molecule has 0 saturated carbocycles. The first-order chi connectivity index (χ1) is 7.17. The van der Waals surface area contributed by atoms with Crippen molar-refractivity contribution >= 4 is 5.95 Å². The number of anilines is 1. The van der Waals surface area contributed by atoms with E-state index in [4.69, 9.17) is 0 Å². The Bertz CT molecular complexity index is 299. The van der Waals surface area contributed by atoms with E-state index in [2.05, 4.69) is 35.6 Å². The molecule has 0 bridgehead atoms. The highest BCUT2D eigenvalue weighted by atomic mass is 15.2. The number of aromatic nitrogens is 2. The van der Waals surface area contributed by atoms with Crippen LogP contribution in [0.5, 0.6) is 0 Å². The molecular formula is C12H21N3. The maximum absolute atomic E-state index is 4.45. The zero-order valence-electron chi connectivity index (χ0n) is 10.2. The van der Waals surface area contributed by atoms with E-state index in [0.717, 1.165) is 24.7 Å². The van der Waals surface area contributed by atoms with Crippen LogP contribution in [0.25, 0.3) is 0 Å². The highest BCUT2D eigenvalue weighted by molar-refractivity contribution is 5.29. The first kappa shape index (κ1) is 12.0. The van der Waals surface area contributed by atoms with Crippen molar-refractivity contribution in [1.29, 1.82) is 0 Å². The molecule has 1 aromatic heterocycles. The van der Waals surface area contributed by atoms with Gasteiger partial charge in [0, 0.05) is 25.0 Å². The average Bonchev–Trinajstić information content (AvgIpc) is 2.25. The lowest BCUT2D eigenvalue weighted by atomic mass is 10.1. The summed E-state index contributed by atoms with van der Waals surface area (Å²) in [6, 6.07) is 1.93. The maximum atomic E-state index is 4.45. The number of hydrogen-bond donors (Lipinski definition) is 0. The lowest BCUT2D eigenvalue weighted by molar-refractivity contribution is 0.542. The molecular weight excluding hydrogens is 186 g/mol. The van der Waals surface area contributed by atoms with Crippen molar-refractivity contribution in [1.82, 2.24) is 9.97 Å². The minimum absolute atomic E-state index is 0.689. The second kappa shape index (κ2) is 5.69. The third-order valence-electron chi connectivity index (χ3n) is 2.68. The van der Waals surface area contributed by atoms with Gasteiger partial charge in [-0.1, -0.05) is 20.3 Å². The average molecular weight is 207 g/mol. The molecule has 0 aliphatic carbocycles. The van der Waals surface area contributed by atoms with Crippen LogP contribution >= 0.6 is 0 Å². The highest BCUT2D eigenvalue weighted by Crippen LogP contribution is 2.11. The largest absolute Gasteiger partial charge is 0.341 e. The van der Waals surface area contributed by atoms with Crippen LogP contribution in [0.1, 0.15) is 32.9 Å². The van der Waals surface area contributed by atoms with E-state index in [-0.39, 0.29) is 0 Å². The van der Waals surface area contributed by atoms with Crippen molar-refractivity contribution in [3.8, 4) is 0 Å². The third kappa shape index (κ3) is 3.50. The standard InChI is InChI=1S/C12H21N3/c1-5-10(3)9-15(6-2)12-13-8-7-11(4)14-12/h7-8,10H,5-6,9H2,1-4H3. The minimum Gasteiger partial charge on any atom is -0.341 e. The van der Waals surface area contributed by atoms with Crippen molar-refractivity contribution in [2.45, 2.75) is 34.1 Å². The van der Waals surface area contributed by atoms with Gasteiger partial charge in [0.25, 0.3) is 0 Å². The van der Waals surface area contributed by atoms with Gasteiger partial charge in [0.15, 0.2) is 0 Å². The van der Waals surface area contributed by atoms with Crippen molar-refractivity contribution < 1.29 is 0 Å². The van der Waals surface area contributed by atoms with E-state index in [0.29, 0.717) is 5.92 Å². The molecule has 0 aromatic carbocycles. The Labute approximate surface area is 92.6 Å². The van der Waals surface area contributed by atoms with E-state index in [9.17, 15) is 0 Å². The van der Waals surface area contributed by atoms with Gasteiger partial charge in [0.2, 0.25) is 5.95 Å².